The van der Waals surface area contributed by atoms with Crippen molar-refractivity contribution < 1.29 is 9.59 Å². The van der Waals surface area contributed by atoms with E-state index in [0.717, 1.165) is 43.5 Å². The molecule has 0 atom stereocenters. The number of rotatable bonds is 4. The van der Waals surface area contributed by atoms with Gasteiger partial charge in [0.05, 0.1) is 11.4 Å². The number of benzene rings is 1. The molecule has 7 nitrogen and oxygen atoms in total. The smallest absolute Gasteiger partial charge is 0.279 e. The van der Waals surface area contributed by atoms with Crippen molar-refractivity contribution >= 4 is 46.2 Å². The van der Waals surface area contributed by atoms with Gasteiger partial charge < -0.3 is 9.80 Å². The molecule has 32 heavy (non-hydrogen) atoms. The van der Waals surface area contributed by atoms with E-state index in [1.807, 2.05) is 24.0 Å². The Balaban J connectivity index is 1.56. The standard InChI is InChI=1S/C24H24ClN5O2/c1-2-12-29-19-9-8-15(25)13-17(19)21(23(29)31)27-28-22-18-14-26-11-10-20(18)30(24(22)32)16-6-4-3-5-7-16/h8-11,13-14,16H,2-7,12H2,1H3/b27-21-,28-22-. The monoisotopic (exact) mass is 449 g/mol. The number of hydrogen-bond acceptors (Lipinski definition) is 5. The molecule has 1 saturated carbocycles. The number of halogens is 1. The van der Waals surface area contributed by atoms with E-state index < -0.39 is 0 Å². The van der Waals surface area contributed by atoms with E-state index in [1.54, 1.807) is 29.4 Å². The third-order valence-corrected chi connectivity index (χ3v) is 6.56. The molecule has 0 saturated heterocycles. The van der Waals surface area contributed by atoms with Crippen LogP contribution in [0.1, 0.15) is 56.6 Å². The Morgan fingerprint density at radius 2 is 1.75 bits per heavy atom. The van der Waals surface area contributed by atoms with Gasteiger partial charge in [-0.3, -0.25) is 14.6 Å². The maximum atomic E-state index is 13.4. The van der Waals surface area contributed by atoms with Gasteiger partial charge in [0.25, 0.3) is 11.8 Å². The highest BCUT2D eigenvalue weighted by Gasteiger charge is 2.39. The van der Waals surface area contributed by atoms with Crippen molar-refractivity contribution in [3.05, 3.63) is 52.8 Å². The van der Waals surface area contributed by atoms with Crippen LogP contribution < -0.4 is 9.80 Å². The van der Waals surface area contributed by atoms with E-state index >= 15 is 0 Å². The lowest BCUT2D eigenvalue weighted by molar-refractivity contribution is -0.113. The quantitative estimate of drug-likeness (QED) is 0.650. The van der Waals surface area contributed by atoms with Crippen molar-refractivity contribution in [2.24, 2.45) is 10.2 Å². The molecule has 0 radical (unpaired) electrons. The van der Waals surface area contributed by atoms with E-state index in [2.05, 4.69) is 15.2 Å². The fourth-order valence-corrected chi connectivity index (χ4v) is 5.02. The second kappa shape index (κ2) is 8.47. The second-order valence-corrected chi connectivity index (χ2v) is 8.81. The first-order valence-corrected chi connectivity index (χ1v) is 11.5. The summed E-state index contributed by atoms with van der Waals surface area (Å²) in [6, 6.07) is 7.33. The number of anilines is 2. The molecule has 1 aliphatic carbocycles. The average Bonchev–Trinajstić information content (AvgIpc) is 3.23. The summed E-state index contributed by atoms with van der Waals surface area (Å²) >= 11 is 6.19. The summed E-state index contributed by atoms with van der Waals surface area (Å²) in [6.45, 7) is 2.59. The Morgan fingerprint density at radius 3 is 2.50 bits per heavy atom. The van der Waals surface area contributed by atoms with Gasteiger partial charge >= 0.3 is 0 Å². The summed E-state index contributed by atoms with van der Waals surface area (Å²) in [4.78, 5) is 34.2. The Kier molecular flexibility index (Phi) is 5.51. The van der Waals surface area contributed by atoms with Gasteiger partial charge in [0, 0.05) is 41.1 Å². The zero-order valence-corrected chi connectivity index (χ0v) is 18.7. The van der Waals surface area contributed by atoms with Crippen LogP contribution in [0.15, 0.2) is 46.9 Å². The average molecular weight is 450 g/mol. The van der Waals surface area contributed by atoms with Crippen molar-refractivity contribution in [3.63, 3.8) is 0 Å². The number of carbonyl (C=O) groups is 2. The van der Waals surface area contributed by atoms with E-state index in [1.165, 1.54) is 6.42 Å². The summed E-state index contributed by atoms with van der Waals surface area (Å²) < 4.78 is 0. The predicted octanol–water partition coefficient (Wildman–Crippen LogP) is 4.36. The minimum atomic E-state index is -0.227. The number of hydrogen-bond donors (Lipinski definition) is 0. The maximum Gasteiger partial charge on any atom is 0.279 e. The number of nitrogens with zero attached hydrogens (tertiary/aromatic N) is 5. The van der Waals surface area contributed by atoms with Crippen LogP contribution in [0, 0.1) is 0 Å². The van der Waals surface area contributed by atoms with Crippen molar-refractivity contribution in [2.45, 2.75) is 51.5 Å². The van der Waals surface area contributed by atoms with Gasteiger partial charge in [0.2, 0.25) is 0 Å². The molecule has 0 spiro atoms. The van der Waals surface area contributed by atoms with Crippen LogP contribution in [0.2, 0.25) is 5.02 Å². The van der Waals surface area contributed by atoms with Crippen LogP contribution in [-0.2, 0) is 9.59 Å². The van der Waals surface area contributed by atoms with Crippen LogP contribution >= 0.6 is 11.6 Å². The first-order chi connectivity index (χ1) is 15.6. The normalized spacial score (nSPS) is 21.1. The molecular weight excluding hydrogens is 426 g/mol. The van der Waals surface area contributed by atoms with Crippen LogP contribution in [-0.4, -0.2) is 40.8 Å². The van der Waals surface area contributed by atoms with Crippen molar-refractivity contribution in [2.75, 3.05) is 16.3 Å². The summed E-state index contributed by atoms with van der Waals surface area (Å²) in [5.74, 6) is -0.402. The maximum absolute atomic E-state index is 13.4. The van der Waals surface area contributed by atoms with Gasteiger partial charge in [-0.25, -0.2) is 0 Å². The molecule has 1 aromatic carbocycles. The fourth-order valence-electron chi connectivity index (χ4n) is 4.84. The fraction of sp³-hybridized carbons (Fsp3) is 0.375. The van der Waals surface area contributed by atoms with Crippen molar-refractivity contribution in [1.82, 2.24) is 4.98 Å². The van der Waals surface area contributed by atoms with Gasteiger partial charge in [-0.05, 0) is 43.5 Å². The summed E-state index contributed by atoms with van der Waals surface area (Å²) in [5, 5.41) is 9.16. The highest BCUT2D eigenvalue weighted by Crippen LogP contribution is 2.36. The molecule has 2 aromatic rings. The molecule has 0 unspecified atom stereocenters. The molecule has 2 amide bonds. The Morgan fingerprint density at radius 1 is 1.00 bits per heavy atom. The molecule has 3 heterocycles. The van der Waals surface area contributed by atoms with E-state index in [4.69, 9.17) is 11.6 Å². The second-order valence-electron chi connectivity index (χ2n) is 8.38. The van der Waals surface area contributed by atoms with Crippen LogP contribution in [0.3, 0.4) is 0 Å². The lowest BCUT2D eigenvalue weighted by Crippen LogP contribution is -2.40. The van der Waals surface area contributed by atoms with Gasteiger partial charge in [0.15, 0.2) is 11.4 Å². The molecule has 8 heteroatoms. The summed E-state index contributed by atoms with van der Waals surface area (Å²) in [6.07, 6.45) is 9.54. The van der Waals surface area contributed by atoms with E-state index in [9.17, 15) is 9.59 Å². The van der Waals surface area contributed by atoms with Gasteiger partial charge in [-0.1, -0.05) is 37.8 Å². The third-order valence-electron chi connectivity index (χ3n) is 6.32. The predicted molar refractivity (Wildman–Crippen MR) is 126 cm³/mol. The molecule has 2 aliphatic heterocycles. The molecular formula is C24H24ClN5O2. The number of amides is 2. The molecule has 164 valence electrons. The minimum absolute atomic E-state index is 0.158. The number of fused-ring (bicyclic) bond motifs is 2. The number of pyridine rings is 1. The topological polar surface area (TPSA) is 78.2 Å². The molecule has 0 N–H and O–H groups in total. The zero-order valence-electron chi connectivity index (χ0n) is 17.9. The number of carbonyl (C=O) groups excluding carboxylic acids is 2. The Bertz CT molecular complexity index is 1150. The highest BCUT2D eigenvalue weighted by molar-refractivity contribution is 6.56. The summed E-state index contributed by atoms with van der Waals surface area (Å²) in [5.41, 5.74) is 3.33. The van der Waals surface area contributed by atoms with Crippen LogP contribution in [0.5, 0.6) is 0 Å². The first kappa shape index (κ1) is 20.8. The van der Waals surface area contributed by atoms with Crippen LogP contribution in [0.4, 0.5) is 11.4 Å². The Labute approximate surface area is 191 Å². The lowest BCUT2D eigenvalue weighted by atomic mass is 9.94. The lowest BCUT2D eigenvalue weighted by Gasteiger charge is -2.31. The van der Waals surface area contributed by atoms with Gasteiger partial charge in [-0.2, -0.15) is 0 Å². The highest BCUT2D eigenvalue weighted by atomic mass is 35.5. The largest absolute Gasteiger partial charge is 0.306 e. The minimum Gasteiger partial charge on any atom is -0.306 e. The SMILES string of the molecule is CCCN1C(=O)/C(=N\N=C2/C(=O)N(C3CCCCC3)c3ccncc32)c2cc(Cl)ccc21. The molecule has 1 fully saturated rings. The Hall–Kier alpha value is -3.06. The van der Waals surface area contributed by atoms with Crippen molar-refractivity contribution in [3.8, 4) is 0 Å². The molecule has 0 bridgehead atoms. The van der Waals surface area contributed by atoms with Crippen LogP contribution in [0.25, 0.3) is 0 Å². The van der Waals surface area contributed by atoms with Gasteiger partial charge in [0.1, 0.15) is 0 Å². The van der Waals surface area contributed by atoms with Crippen molar-refractivity contribution in [1.29, 1.82) is 0 Å². The molecule has 5 rings (SSSR count). The van der Waals surface area contributed by atoms with E-state index in [0.29, 0.717) is 22.7 Å². The summed E-state index contributed by atoms with van der Waals surface area (Å²) in [7, 11) is 0. The van der Waals surface area contributed by atoms with E-state index in [-0.39, 0.29) is 29.3 Å². The van der Waals surface area contributed by atoms with Gasteiger partial charge in [-0.15, -0.1) is 10.2 Å². The number of aromatic nitrogens is 1. The zero-order chi connectivity index (χ0) is 22.2. The third kappa shape index (κ3) is 3.41. The first-order valence-electron chi connectivity index (χ1n) is 11.2. The molecule has 1 aromatic heterocycles. The molecule has 3 aliphatic rings.